The van der Waals surface area contributed by atoms with E-state index in [4.69, 9.17) is 5.11 Å². The molecule has 0 radical (unpaired) electrons. The summed E-state index contributed by atoms with van der Waals surface area (Å²) in [7, 11) is 0. The van der Waals surface area contributed by atoms with Crippen LogP contribution in [0.1, 0.15) is 37.3 Å². The molecule has 4 nitrogen and oxygen atoms in total. The number of aliphatic carboxylic acids is 1. The van der Waals surface area contributed by atoms with Gasteiger partial charge in [0, 0.05) is 12.0 Å². The van der Waals surface area contributed by atoms with Crippen LogP contribution in [0.5, 0.6) is 11.5 Å². The summed E-state index contributed by atoms with van der Waals surface area (Å²) >= 11 is 0. The van der Waals surface area contributed by atoms with E-state index in [0.717, 1.165) is 12.8 Å². The van der Waals surface area contributed by atoms with Crippen LogP contribution < -0.4 is 0 Å². The molecule has 0 unspecified atom stereocenters. The minimum absolute atomic E-state index is 0.00676. The lowest BCUT2D eigenvalue weighted by molar-refractivity contribution is -0.136. The van der Waals surface area contributed by atoms with Crippen molar-refractivity contribution in [1.82, 2.24) is 0 Å². The monoisotopic (exact) mass is 238 g/mol. The number of phenols is 2. The molecule has 0 aliphatic rings. The molecule has 0 aliphatic heterocycles. The fourth-order valence-corrected chi connectivity index (χ4v) is 1.70. The molecule has 0 aliphatic carbocycles. The van der Waals surface area contributed by atoms with Crippen LogP contribution in [0.25, 0.3) is 0 Å². The third-order valence-corrected chi connectivity index (χ3v) is 2.67. The average molecular weight is 238 g/mol. The zero-order valence-corrected chi connectivity index (χ0v) is 9.94. The van der Waals surface area contributed by atoms with Gasteiger partial charge in [-0.25, -0.2) is 0 Å². The molecule has 3 N–H and O–H groups in total. The number of hydrogen-bond acceptors (Lipinski definition) is 3. The summed E-state index contributed by atoms with van der Waals surface area (Å²) in [5, 5.41) is 28.1. The van der Waals surface area contributed by atoms with Crippen LogP contribution in [0.4, 0.5) is 0 Å². The van der Waals surface area contributed by atoms with Gasteiger partial charge in [-0.1, -0.05) is 13.3 Å². The number of unbranched alkanes of at least 4 members (excludes halogenated alkanes) is 1. The second-order valence-electron chi connectivity index (χ2n) is 4.11. The summed E-state index contributed by atoms with van der Waals surface area (Å²) < 4.78 is 0. The number of carbonyl (C=O) groups is 1. The van der Waals surface area contributed by atoms with Crippen molar-refractivity contribution in [3.05, 3.63) is 23.3 Å². The summed E-state index contributed by atoms with van der Waals surface area (Å²) in [6, 6.07) is 3.07. The minimum Gasteiger partial charge on any atom is -0.508 e. The summed E-state index contributed by atoms with van der Waals surface area (Å²) in [6.07, 6.45) is 2.82. The van der Waals surface area contributed by atoms with Crippen molar-refractivity contribution in [2.75, 3.05) is 0 Å². The van der Waals surface area contributed by atoms with Gasteiger partial charge >= 0.3 is 5.97 Å². The van der Waals surface area contributed by atoms with Crippen molar-refractivity contribution in [3.8, 4) is 11.5 Å². The highest BCUT2D eigenvalue weighted by Crippen LogP contribution is 2.30. The highest BCUT2D eigenvalue weighted by atomic mass is 16.4. The zero-order valence-electron chi connectivity index (χ0n) is 9.94. The Bertz CT molecular complexity index is 375. The van der Waals surface area contributed by atoms with Crippen LogP contribution in [0.3, 0.4) is 0 Å². The molecule has 0 atom stereocenters. The predicted molar refractivity (Wildman–Crippen MR) is 64.3 cm³/mol. The van der Waals surface area contributed by atoms with E-state index in [1.165, 1.54) is 12.1 Å². The van der Waals surface area contributed by atoms with Crippen LogP contribution in [-0.2, 0) is 17.6 Å². The molecule has 0 bridgehead atoms. The summed E-state index contributed by atoms with van der Waals surface area (Å²) in [6.45, 7) is 2.04. The fraction of sp³-hybridized carbons (Fsp3) is 0.462. The molecular formula is C13H18O4. The molecule has 1 rings (SSSR count). The molecule has 17 heavy (non-hydrogen) atoms. The first-order chi connectivity index (χ1) is 8.04. The third kappa shape index (κ3) is 3.98. The molecule has 0 saturated carbocycles. The smallest absolute Gasteiger partial charge is 0.303 e. The van der Waals surface area contributed by atoms with Crippen molar-refractivity contribution < 1.29 is 20.1 Å². The van der Waals surface area contributed by atoms with Crippen molar-refractivity contribution in [1.29, 1.82) is 0 Å². The number of carboxylic acids is 1. The van der Waals surface area contributed by atoms with E-state index in [0.29, 0.717) is 24.0 Å². The maximum absolute atomic E-state index is 10.4. The Morgan fingerprint density at radius 2 is 1.76 bits per heavy atom. The Balaban J connectivity index is 2.81. The van der Waals surface area contributed by atoms with E-state index in [-0.39, 0.29) is 17.9 Å². The van der Waals surface area contributed by atoms with Gasteiger partial charge in [0.25, 0.3) is 0 Å². The Morgan fingerprint density at radius 3 is 2.24 bits per heavy atom. The SMILES string of the molecule is CCCCc1c(O)cc(CCC(=O)O)cc1O. The van der Waals surface area contributed by atoms with Crippen LogP contribution in [-0.4, -0.2) is 21.3 Å². The van der Waals surface area contributed by atoms with Gasteiger partial charge in [-0.3, -0.25) is 4.79 Å². The van der Waals surface area contributed by atoms with Crippen molar-refractivity contribution >= 4 is 5.97 Å². The van der Waals surface area contributed by atoms with E-state index in [1.807, 2.05) is 6.92 Å². The lowest BCUT2D eigenvalue weighted by atomic mass is 10.0. The van der Waals surface area contributed by atoms with Crippen molar-refractivity contribution in [3.63, 3.8) is 0 Å². The quantitative estimate of drug-likeness (QED) is 0.711. The maximum Gasteiger partial charge on any atom is 0.303 e. The molecule has 0 saturated heterocycles. The van der Waals surface area contributed by atoms with Gasteiger partial charge in [0.15, 0.2) is 0 Å². The molecule has 0 spiro atoms. The predicted octanol–water partition coefficient (Wildman–Crippen LogP) is 2.46. The molecule has 0 fully saturated rings. The number of phenolic OH excluding ortho intramolecular Hbond substituents is 2. The summed E-state index contributed by atoms with van der Waals surface area (Å²) in [5.74, 6) is -0.781. The van der Waals surface area contributed by atoms with E-state index in [1.54, 1.807) is 0 Å². The second-order valence-corrected chi connectivity index (χ2v) is 4.11. The van der Waals surface area contributed by atoms with E-state index in [9.17, 15) is 15.0 Å². The van der Waals surface area contributed by atoms with Gasteiger partial charge in [-0.05, 0) is 37.0 Å². The van der Waals surface area contributed by atoms with Gasteiger partial charge in [0.2, 0.25) is 0 Å². The Morgan fingerprint density at radius 1 is 1.18 bits per heavy atom. The first kappa shape index (κ1) is 13.4. The highest BCUT2D eigenvalue weighted by Gasteiger charge is 2.10. The topological polar surface area (TPSA) is 77.8 Å². The first-order valence-corrected chi connectivity index (χ1v) is 5.80. The zero-order chi connectivity index (χ0) is 12.8. The molecular weight excluding hydrogens is 220 g/mol. The Labute approximate surface area is 101 Å². The largest absolute Gasteiger partial charge is 0.508 e. The number of benzene rings is 1. The lowest BCUT2D eigenvalue weighted by Gasteiger charge is -2.09. The Hall–Kier alpha value is -1.71. The molecule has 0 heterocycles. The van der Waals surface area contributed by atoms with E-state index < -0.39 is 5.97 Å². The first-order valence-electron chi connectivity index (χ1n) is 5.80. The fourth-order valence-electron chi connectivity index (χ4n) is 1.70. The van der Waals surface area contributed by atoms with Gasteiger partial charge < -0.3 is 15.3 Å². The lowest BCUT2D eigenvalue weighted by Crippen LogP contribution is -1.98. The number of aromatic hydroxyl groups is 2. The van der Waals surface area contributed by atoms with Crippen molar-refractivity contribution in [2.24, 2.45) is 0 Å². The molecule has 0 aromatic heterocycles. The second kappa shape index (κ2) is 6.13. The van der Waals surface area contributed by atoms with E-state index >= 15 is 0 Å². The third-order valence-electron chi connectivity index (χ3n) is 2.67. The number of carboxylic acid groups (broad SMARTS) is 1. The normalized spacial score (nSPS) is 10.4. The van der Waals surface area contributed by atoms with E-state index in [2.05, 4.69) is 0 Å². The standard InChI is InChI=1S/C13H18O4/c1-2-3-4-10-11(14)7-9(8-12(10)15)5-6-13(16)17/h7-8,14-15H,2-6H2,1H3,(H,16,17). The molecule has 0 amide bonds. The Kier molecular flexibility index (Phi) is 4.82. The maximum atomic E-state index is 10.4. The van der Waals surface area contributed by atoms with Crippen LogP contribution in [0.2, 0.25) is 0 Å². The number of rotatable bonds is 6. The molecule has 1 aromatic carbocycles. The van der Waals surface area contributed by atoms with Crippen LogP contribution in [0.15, 0.2) is 12.1 Å². The molecule has 1 aromatic rings. The van der Waals surface area contributed by atoms with Crippen LogP contribution >= 0.6 is 0 Å². The summed E-state index contributed by atoms with van der Waals surface area (Å²) in [4.78, 5) is 10.4. The van der Waals surface area contributed by atoms with Gasteiger partial charge in [0.05, 0.1) is 0 Å². The highest BCUT2D eigenvalue weighted by molar-refractivity contribution is 5.67. The van der Waals surface area contributed by atoms with Gasteiger partial charge in [0.1, 0.15) is 11.5 Å². The minimum atomic E-state index is -0.890. The number of aryl methyl sites for hydroxylation is 1. The molecule has 94 valence electrons. The van der Waals surface area contributed by atoms with Gasteiger partial charge in [-0.15, -0.1) is 0 Å². The number of hydrogen-bond donors (Lipinski definition) is 3. The molecule has 4 heteroatoms. The van der Waals surface area contributed by atoms with Crippen LogP contribution in [0, 0.1) is 0 Å². The average Bonchev–Trinajstić information content (AvgIpc) is 2.25. The van der Waals surface area contributed by atoms with Gasteiger partial charge in [-0.2, -0.15) is 0 Å². The summed E-state index contributed by atoms with van der Waals surface area (Å²) in [5.41, 5.74) is 1.19. The van der Waals surface area contributed by atoms with Crippen molar-refractivity contribution in [2.45, 2.75) is 39.0 Å².